The molecule has 0 aromatic heterocycles. The van der Waals surface area contributed by atoms with Crippen LogP contribution in [0.1, 0.15) is 22.7 Å². The van der Waals surface area contributed by atoms with Crippen LogP contribution in [0.2, 0.25) is 0 Å². The molecule has 2 N–H and O–H groups in total. The molecule has 3 aromatic rings. The van der Waals surface area contributed by atoms with E-state index in [0.717, 1.165) is 16.7 Å². The van der Waals surface area contributed by atoms with Crippen molar-refractivity contribution in [3.05, 3.63) is 108 Å². The van der Waals surface area contributed by atoms with E-state index in [1.807, 2.05) is 91.0 Å². The van der Waals surface area contributed by atoms with Crippen molar-refractivity contribution in [3.8, 4) is 0 Å². The van der Waals surface area contributed by atoms with Crippen molar-refractivity contribution in [2.24, 2.45) is 0 Å². The quantitative estimate of drug-likeness (QED) is 0.620. The Hall–Kier alpha value is -2.19. The lowest BCUT2D eigenvalue weighted by Gasteiger charge is -2.25. The van der Waals surface area contributed by atoms with Crippen molar-refractivity contribution in [1.29, 1.82) is 0 Å². The minimum Gasteiger partial charge on any atom is -0.345 e. The largest absolute Gasteiger partial charge is 0.345 e. The highest BCUT2D eigenvalue weighted by Crippen LogP contribution is 2.30. The highest BCUT2D eigenvalue weighted by atomic mass is 31.1. The lowest BCUT2D eigenvalue weighted by atomic mass is 9.98. The van der Waals surface area contributed by atoms with Gasteiger partial charge in [-0.25, -0.2) is 0 Å². The van der Waals surface area contributed by atoms with Gasteiger partial charge >= 0.3 is 0 Å². The zero-order chi connectivity index (χ0) is 17.5. The van der Waals surface area contributed by atoms with Gasteiger partial charge in [-0.3, -0.25) is 9.88 Å². The Balaban J connectivity index is 1.88. The first-order valence-electron chi connectivity index (χ1n) is 8.36. The van der Waals surface area contributed by atoms with Gasteiger partial charge in [-0.05, 0) is 23.1 Å². The van der Waals surface area contributed by atoms with E-state index in [4.69, 9.17) is 0 Å². The summed E-state index contributed by atoms with van der Waals surface area (Å²) in [6.45, 7) is 0. The molecule has 0 bridgehead atoms. The Morgan fingerprint density at radius 1 is 0.760 bits per heavy atom. The van der Waals surface area contributed by atoms with Crippen LogP contribution in [-0.4, -0.2) is 10.7 Å². The van der Waals surface area contributed by atoms with Crippen LogP contribution in [0.15, 0.2) is 91.0 Å². The van der Waals surface area contributed by atoms with E-state index < -0.39 is 13.8 Å². The molecule has 0 radical (unpaired) electrons. The van der Waals surface area contributed by atoms with Crippen LogP contribution in [0.25, 0.3) is 0 Å². The molecule has 0 saturated heterocycles. The van der Waals surface area contributed by atoms with Crippen LogP contribution in [0.4, 0.5) is 0 Å². The second-order valence-corrected chi connectivity index (χ2v) is 7.37. The molecule has 0 heterocycles. The van der Waals surface area contributed by atoms with E-state index in [1.54, 1.807) is 0 Å². The smallest absolute Gasteiger partial charge is 0.205 e. The van der Waals surface area contributed by atoms with Crippen LogP contribution < -0.4 is 5.32 Å². The zero-order valence-electron chi connectivity index (χ0n) is 13.9. The molecular formula is C21H22NO2P. The summed E-state index contributed by atoms with van der Waals surface area (Å²) in [6.07, 6.45) is 0.519. The first-order chi connectivity index (χ1) is 12.2. The minimum absolute atomic E-state index is 0.128. The molecule has 3 aromatic carbocycles. The van der Waals surface area contributed by atoms with Crippen molar-refractivity contribution >= 4 is 8.03 Å². The predicted octanol–water partition coefficient (Wildman–Crippen LogP) is 4.40. The number of rotatable bonds is 7. The molecule has 0 aliphatic carbocycles. The number of nitrogens with one attached hydrogen (secondary N) is 1. The molecule has 3 rings (SSSR count). The molecule has 0 aliphatic rings. The number of hydrogen-bond donors (Lipinski definition) is 2. The topological polar surface area (TPSA) is 49.3 Å². The second kappa shape index (κ2) is 8.77. The molecule has 25 heavy (non-hydrogen) atoms. The van der Waals surface area contributed by atoms with Crippen molar-refractivity contribution in [3.63, 3.8) is 0 Å². The fourth-order valence-electron chi connectivity index (χ4n) is 2.94. The second-order valence-electron chi connectivity index (χ2n) is 6.00. The third-order valence-electron chi connectivity index (χ3n) is 4.21. The monoisotopic (exact) mass is 351 g/mol. The van der Waals surface area contributed by atoms with E-state index >= 15 is 0 Å². The van der Waals surface area contributed by atoms with Crippen molar-refractivity contribution in [2.45, 2.75) is 18.2 Å². The van der Waals surface area contributed by atoms with Crippen LogP contribution >= 0.6 is 8.03 Å². The van der Waals surface area contributed by atoms with Gasteiger partial charge in [-0.15, -0.1) is 0 Å². The molecule has 0 fully saturated rings. The molecular weight excluding hydrogens is 329 g/mol. The Labute approximate surface area is 149 Å². The number of hydrogen-bond acceptors (Lipinski definition) is 2. The van der Waals surface area contributed by atoms with Gasteiger partial charge in [0.1, 0.15) is 0 Å². The Morgan fingerprint density at radius 3 is 1.64 bits per heavy atom. The van der Waals surface area contributed by atoms with E-state index in [0.29, 0.717) is 6.42 Å². The molecule has 2 atom stereocenters. The maximum absolute atomic E-state index is 12.0. The van der Waals surface area contributed by atoms with Crippen LogP contribution in [-0.2, 0) is 11.0 Å². The van der Waals surface area contributed by atoms with E-state index in [1.165, 1.54) is 0 Å². The van der Waals surface area contributed by atoms with E-state index in [9.17, 15) is 9.46 Å². The Bertz CT molecular complexity index is 754. The van der Waals surface area contributed by atoms with Crippen molar-refractivity contribution < 1.29 is 9.46 Å². The fraction of sp³-hybridized carbons (Fsp3) is 0.143. The highest BCUT2D eigenvalue weighted by Gasteiger charge is 2.22. The summed E-state index contributed by atoms with van der Waals surface area (Å²) in [5.41, 5.74) is 3.21. The van der Waals surface area contributed by atoms with Gasteiger partial charge in [0.2, 0.25) is 8.03 Å². The van der Waals surface area contributed by atoms with Gasteiger partial charge in [0.05, 0.1) is 11.8 Å². The Kier molecular flexibility index (Phi) is 6.19. The zero-order valence-corrected chi connectivity index (χ0v) is 14.9. The fourth-order valence-corrected chi connectivity index (χ4v) is 3.66. The molecule has 0 amide bonds. The van der Waals surface area contributed by atoms with Crippen LogP contribution in [0, 0.1) is 0 Å². The highest BCUT2D eigenvalue weighted by molar-refractivity contribution is 7.38. The molecule has 4 heteroatoms. The van der Waals surface area contributed by atoms with Gasteiger partial charge in [0.15, 0.2) is 0 Å². The van der Waals surface area contributed by atoms with Crippen LogP contribution in [0.3, 0.4) is 0 Å². The lowest BCUT2D eigenvalue weighted by molar-refractivity contribution is 0.457. The summed E-state index contributed by atoms with van der Waals surface area (Å²) < 4.78 is 12.0. The average molecular weight is 351 g/mol. The average Bonchev–Trinajstić information content (AvgIpc) is 2.67. The summed E-state index contributed by atoms with van der Waals surface area (Å²) in [6, 6.07) is 29.8. The minimum atomic E-state index is -2.74. The van der Waals surface area contributed by atoms with Gasteiger partial charge in [-0.2, -0.15) is 0 Å². The standard InChI is InChI=1S/C21H22NO2P/c23-25(24)20(16-17-10-4-1-5-11-17)22-21(18-12-6-2-7-13-18)19-14-8-3-9-15-19/h1-15,20-22,25H,16H2,(H,23,24). The molecule has 128 valence electrons. The maximum Gasteiger partial charge on any atom is 0.205 e. The molecule has 2 unspecified atom stereocenters. The van der Waals surface area contributed by atoms with Gasteiger partial charge in [-0.1, -0.05) is 91.0 Å². The molecule has 0 spiro atoms. The number of benzene rings is 3. The van der Waals surface area contributed by atoms with Crippen molar-refractivity contribution in [1.82, 2.24) is 5.32 Å². The van der Waals surface area contributed by atoms with E-state index in [2.05, 4.69) is 5.32 Å². The summed E-state index contributed by atoms with van der Waals surface area (Å²) in [5, 5.41) is 3.42. The SMILES string of the molecule is O=[PH](O)C(Cc1ccccc1)NC(c1ccccc1)c1ccccc1. The normalized spacial score (nSPS) is 13.5. The predicted molar refractivity (Wildman–Crippen MR) is 103 cm³/mol. The third-order valence-corrected chi connectivity index (χ3v) is 5.18. The molecule has 3 nitrogen and oxygen atoms in total. The van der Waals surface area contributed by atoms with Crippen LogP contribution in [0.5, 0.6) is 0 Å². The van der Waals surface area contributed by atoms with Gasteiger partial charge in [0.25, 0.3) is 0 Å². The van der Waals surface area contributed by atoms with E-state index in [-0.39, 0.29) is 6.04 Å². The Morgan fingerprint density at radius 2 is 1.20 bits per heavy atom. The molecule has 0 aliphatic heterocycles. The summed E-state index contributed by atoms with van der Waals surface area (Å²) in [4.78, 5) is 9.90. The summed E-state index contributed by atoms with van der Waals surface area (Å²) in [7, 11) is -2.74. The first kappa shape index (κ1) is 17.6. The van der Waals surface area contributed by atoms with Gasteiger partial charge in [0, 0.05) is 0 Å². The van der Waals surface area contributed by atoms with Gasteiger partial charge < -0.3 is 4.89 Å². The summed E-state index contributed by atoms with van der Waals surface area (Å²) >= 11 is 0. The first-order valence-corrected chi connectivity index (χ1v) is 9.80. The third kappa shape index (κ3) is 4.90. The lowest BCUT2D eigenvalue weighted by Crippen LogP contribution is -2.32. The maximum atomic E-state index is 12.0. The van der Waals surface area contributed by atoms with Crippen molar-refractivity contribution in [2.75, 3.05) is 0 Å². The summed E-state index contributed by atoms with van der Waals surface area (Å²) in [5.74, 6) is -0.488. The molecule has 0 saturated carbocycles.